The molecule has 5 rings (SSSR count). The summed E-state index contributed by atoms with van der Waals surface area (Å²) in [6.07, 6.45) is 4.06. The third kappa shape index (κ3) is 4.02. The van der Waals surface area contributed by atoms with Crippen LogP contribution in [0.1, 0.15) is 31.2 Å². The van der Waals surface area contributed by atoms with Crippen molar-refractivity contribution in [1.82, 2.24) is 4.90 Å². The van der Waals surface area contributed by atoms with Crippen LogP contribution < -0.4 is 4.72 Å². The Hall–Kier alpha value is -2.57. The minimum Gasteiger partial charge on any atom is -0.464 e. The van der Waals surface area contributed by atoms with Crippen molar-refractivity contribution < 1.29 is 12.8 Å². The van der Waals surface area contributed by atoms with Crippen LogP contribution in [0, 0.1) is 11.8 Å². The Bertz CT molecular complexity index is 1120. The van der Waals surface area contributed by atoms with Gasteiger partial charge in [-0.3, -0.25) is 4.72 Å². The molecule has 1 aliphatic carbocycles. The molecule has 162 valence electrons. The van der Waals surface area contributed by atoms with Crippen LogP contribution in [0.5, 0.6) is 0 Å². The van der Waals surface area contributed by atoms with Gasteiger partial charge in [0.25, 0.3) is 10.0 Å². The van der Waals surface area contributed by atoms with Gasteiger partial charge in [-0.2, -0.15) is 0 Å². The zero-order chi connectivity index (χ0) is 21.4. The Morgan fingerprint density at radius 1 is 1.03 bits per heavy atom. The number of fused-ring (bicyclic) bond motifs is 1. The van der Waals surface area contributed by atoms with Gasteiger partial charge in [-0.25, -0.2) is 8.42 Å². The molecule has 5 nitrogen and oxygen atoms in total. The average molecular weight is 437 g/mol. The molecule has 0 amide bonds. The fraction of sp³-hybridized carbons (Fsp3) is 0.360. The molecule has 0 bridgehead atoms. The van der Waals surface area contributed by atoms with Gasteiger partial charge in [-0.15, -0.1) is 0 Å². The molecule has 1 saturated heterocycles. The van der Waals surface area contributed by atoms with Crippen molar-refractivity contribution in [2.75, 3.05) is 24.4 Å². The van der Waals surface area contributed by atoms with Crippen LogP contribution in [0.15, 0.2) is 76.2 Å². The Morgan fingerprint density at radius 2 is 1.81 bits per heavy atom. The second kappa shape index (κ2) is 8.17. The van der Waals surface area contributed by atoms with E-state index >= 15 is 0 Å². The molecule has 1 aliphatic heterocycles. The van der Waals surface area contributed by atoms with Crippen molar-refractivity contribution in [1.29, 1.82) is 0 Å². The van der Waals surface area contributed by atoms with Crippen molar-refractivity contribution >= 4 is 15.7 Å². The fourth-order valence-electron chi connectivity index (χ4n) is 5.13. The summed E-state index contributed by atoms with van der Waals surface area (Å²) in [6.45, 7) is 5.88. The van der Waals surface area contributed by atoms with Crippen LogP contribution in [-0.2, 0) is 10.0 Å². The number of rotatable bonds is 7. The van der Waals surface area contributed by atoms with E-state index in [2.05, 4.69) is 28.7 Å². The molecule has 2 aromatic carbocycles. The predicted octanol–water partition coefficient (Wildman–Crippen LogP) is 5.19. The maximum atomic E-state index is 12.8. The number of benzene rings is 2. The van der Waals surface area contributed by atoms with Crippen LogP contribution in [0.25, 0.3) is 11.3 Å². The van der Waals surface area contributed by atoms with Crippen molar-refractivity contribution in [3.05, 3.63) is 72.5 Å². The minimum atomic E-state index is -3.64. The molecular weight excluding hydrogens is 408 g/mol. The number of nitrogens with one attached hydrogen (secondary N) is 1. The molecule has 1 aromatic heterocycles. The third-order valence-corrected chi connectivity index (χ3v) is 8.14. The molecule has 31 heavy (non-hydrogen) atoms. The van der Waals surface area contributed by atoms with E-state index in [1.165, 1.54) is 38.0 Å². The summed E-state index contributed by atoms with van der Waals surface area (Å²) in [4.78, 5) is 2.82. The molecule has 1 N–H and O–H groups in total. The summed E-state index contributed by atoms with van der Waals surface area (Å²) in [5, 5.41) is 0. The van der Waals surface area contributed by atoms with Crippen LogP contribution >= 0.6 is 0 Å². The van der Waals surface area contributed by atoms with Gasteiger partial charge in [-0.1, -0.05) is 19.1 Å². The van der Waals surface area contributed by atoms with Gasteiger partial charge in [0.2, 0.25) is 0 Å². The van der Waals surface area contributed by atoms with E-state index < -0.39 is 10.0 Å². The summed E-state index contributed by atoms with van der Waals surface area (Å²) in [5.74, 6) is 2.90. The first kappa shape index (κ1) is 20.3. The molecule has 3 unspecified atom stereocenters. The molecule has 1 saturated carbocycles. The monoisotopic (exact) mass is 436 g/mol. The highest BCUT2D eigenvalue weighted by atomic mass is 32.2. The van der Waals surface area contributed by atoms with Crippen molar-refractivity contribution in [2.24, 2.45) is 11.8 Å². The Morgan fingerprint density at radius 3 is 2.48 bits per heavy atom. The van der Waals surface area contributed by atoms with Gasteiger partial charge in [0.05, 0.1) is 11.2 Å². The normalized spacial score (nSPS) is 23.3. The first-order valence-electron chi connectivity index (χ1n) is 11.0. The van der Waals surface area contributed by atoms with Crippen molar-refractivity contribution in [3.63, 3.8) is 0 Å². The number of nitrogens with zero attached hydrogens (tertiary/aromatic N) is 1. The zero-order valence-corrected chi connectivity index (χ0v) is 18.5. The number of sulfonamides is 1. The Kier molecular flexibility index (Phi) is 5.36. The number of hydrogen-bond acceptors (Lipinski definition) is 4. The molecule has 0 radical (unpaired) electrons. The highest BCUT2D eigenvalue weighted by molar-refractivity contribution is 7.92. The largest absolute Gasteiger partial charge is 0.464 e. The van der Waals surface area contributed by atoms with E-state index in [0.717, 1.165) is 17.4 Å². The van der Waals surface area contributed by atoms with Crippen LogP contribution in [0.4, 0.5) is 5.69 Å². The van der Waals surface area contributed by atoms with E-state index in [-0.39, 0.29) is 4.90 Å². The number of likely N-dealkylation sites (tertiary alicyclic amines) is 1. The predicted molar refractivity (Wildman–Crippen MR) is 122 cm³/mol. The topological polar surface area (TPSA) is 62.6 Å². The summed E-state index contributed by atoms with van der Waals surface area (Å²) < 4.78 is 33.6. The van der Waals surface area contributed by atoms with E-state index in [9.17, 15) is 8.42 Å². The summed E-state index contributed by atoms with van der Waals surface area (Å²) >= 11 is 0. The van der Waals surface area contributed by atoms with E-state index in [1.807, 2.05) is 24.3 Å². The molecule has 3 atom stereocenters. The van der Waals surface area contributed by atoms with Crippen molar-refractivity contribution in [2.45, 2.75) is 30.6 Å². The zero-order valence-electron chi connectivity index (χ0n) is 17.7. The lowest BCUT2D eigenvalue weighted by molar-refractivity contribution is 0.191. The molecule has 2 fully saturated rings. The standard InChI is InChI=1S/C25H28N2O3S/c1-2-13-27-16-20-15-23(24(20)17-27)18-5-9-21(10-6-18)26-31(28,29)22-11-7-19(8-12-22)25-4-3-14-30-25/h3-12,14,20,23-24,26H,2,13,15-17H2,1H3. The second-order valence-electron chi connectivity index (χ2n) is 8.75. The molecule has 6 heteroatoms. The molecule has 2 aliphatic rings. The highest BCUT2D eigenvalue weighted by Crippen LogP contribution is 2.51. The summed E-state index contributed by atoms with van der Waals surface area (Å²) in [5.41, 5.74) is 2.76. The summed E-state index contributed by atoms with van der Waals surface area (Å²) in [7, 11) is -3.64. The lowest BCUT2D eigenvalue weighted by atomic mass is 9.64. The third-order valence-electron chi connectivity index (χ3n) is 6.74. The smallest absolute Gasteiger partial charge is 0.261 e. The van der Waals surface area contributed by atoms with Gasteiger partial charge < -0.3 is 9.32 Å². The first-order chi connectivity index (χ1) is 15.0. The molecular formula is C25H28N2O3S. The lowest BCUT2D eigenvalue weighted by Gasteiger charge is -2.40. The summed E-state index contributed by atoms with van der Waals surface area (Å²) in [6, 6.07) is 18.3. The number of hydrogen-bond donors (Lipinski definition) is 1. The minimum absolute atomic E-state index is 0.232. The van der Waals surface area contributed by atoms with Gasteiger partial charge in [0, 0.05) is 24.3 Å². The van der Waals surface area contributed by atoms with Crippen LogP contribution in [0.3, 0.4) is 0 Å². The Balaban J connectivity index is 1.24. The average Bonchev–Trinajstić information content (AvgIpc) is 3.39. The Labute approximate surface area is 184 Å². The van der Waals surface area contributed by atoms with Gasteiger partial charge >= 0.3 is 0 Å². The van der Waals surface area contributed by atoms with Crippen LogP contribution in [-0.4, -0.2) is 33.0 Å². The molecule has 2 heterocycles. The van der Waals surface area contributed by atoms with Gasteiger partial charge in [0.1, 0.15) is 5.76 Å². The van der Waals surface area contributed by atoms with Crippen molar-refractivity contribution in [3.8, 4) is 11.3 Å². The fourth-order valence-corrected chi connectivity index (χ4v) is 6.19. The second-order valence-corrected chi connectivity index (χ2v) is 10.4. The molecule has 3 aromatic rings. The number of anilines is 1. The van der Waals surface area contributed by atoms with Gasteiger partial charge in [0.15, 0.2) is 0 Å². The maximum Gasteiger partial charge on any atom is 0.261 e. The van der Waals surface area contributed by atoms with Crippen LogP contribution in [0.2, 0.25) is 0 Å². The van der Waals surface area contributed by atoms with E-state index in [0.29, 0.717) is 17.4 Å². The highest BCUT2D eigenvalue weighted by Gasteiger charge is 2.46. The molecule has 0 spiro atoms. The number of furan rings is 1. The SMILES string of the molecule is CCCN1CC2CC(c3ccc(NS(=O)(=O)c4ccc(-c5ccco5)cc4)cc3)C2C1. The first-order valence-corrected chi connectivity index (χ1v) is 12.5. The lowest BCUT2D eigenvalue weighted by Crippen LogP contribution is -2.33. The van der Waals surface area contributed by atoms with Gasteiger partial charge in [-0.05, 0) is 91.2 Å². The maximum absolute atomic E-state index is 12.8. The van der Waals surface area contributed by atoms with E-state index in [1.54, 1.807) is 30.5 Å². The quantitative estimate of drug-likeness (QED) is 0.553. The van der Waals surface area contributed by atoms with E-state index in [4.69, 9.17) is 4.42 Å².